The lowest BCUT2D eigenvalue weighted by Crippen LogP contribution is -2.14. The number of hydrogen-bond donors (Lipinski definition) is 1. The number of hydrogen-bond acceptors (Lipinski definition) is 3. The SMILES string of the molecule is Cc1ccc(CC(=O)Nc2nc3c(C)c(Cl)ccc3s2)c(C)c1. The fraction of sp³-hybridized carbons (Fsp3) is 0.222. The second-order valence-electron chi connectivity index (χ2n) is 5.69. The third kappa shape index (κ3) is 3.38. The summed E-state index contributed by atoms with van der Waals surface area (Å²) < 4.78 is 1.02. The van der Waals surface area contributed by atoms with E-state index in [9.17, 15) is 4.79 Å². The summed E-state index contributed by atoms with van der Waals surface area (Å²) in [5.41, 5.74) is 5.16. The smallest absolute Gasteiger partial charge is 0.230 e. The van der Waals surface area contributed by atoms with Crippen LogP contribution in [0.5, 0.6) is 0 Å². The first kappa shape index (κ1) is 16.0. The number of aryl methyl sites for hydroxylation is 3. The molecule has 0 aliphatic heterocycles. The predicted molar refractivity (Wildman–Crippen MR) is 97.6 cm³/mol. The molecule has 0 aliphatic rings. The Bertz CT molecular complexity index is 901. The second kappa shape index (κ2) is 6.30. The summed E-state index contributed by atoms with van der Waals surface area (Å²) in [6.07, 6.45) is 0.349. The minimum absolute atomic E-state index is 0.0558. The third-order valence-corrected chi connectivity index (χ3v) is 5.19. The maximum absolute atomic E-state index is 12.3. The van der Waals surface area contributed by atoms with E-state index in [-0.39, 0.29) is 5.91 Å². The first-order valence-corrected chi connectivity index (χ1v) is 8.55. The largest absolute Gasteiger partial charge is 0.302 e. The molecule has 0 aliphatic carbocycles. The zero-order valence-corrected chi connectivity index (χ0v) is 14.8. The quantitative estimate of drug-likeness (QED) is 0.721. The number of nitrogens with one attached hydrogen (secondary N) is 1. The van der Waals surface area contributed by atoms with Gasteiger partial charge in [0.1, 0.15) is 0 Å². The first-order valence-electron chi connectivity index (χ1n) is 7.35. The van der Waals surface area contributed by atoms with Gasteiger partial charge in [-0.3, -0.25) is 4.79 Å². The highest BCUT2D eigenvalue weighted by Gasteiger charge is 2.12. The summed E-state index contributed by atoms with van der Waals surface area (Å²) >= 11 is 7.58. The van der Waals surface area contributed by atoms with Crippen molar-refractivity contribution in [1.82, 2.24) is 4.98 Å². The highest BCUT2D eigenvalue weighted by molar-refractivity contribution is 7.22. The van der Waals surface area contributed by atoms with Crippen molar-refractivity contribution in [3.05, 3.63) is 57.6 Å². The van der Waals surface area contributed by atoms with Gasteiger partial charge in [-0.25, -0.2) is 4.98 Å². The Labute approximate surface area is 144 Å². The van der Waals surface area contributed by atoms with Crippen molar-refractivity contribution < 1.29 is 4.79 Å². The highest BCUT2D eigenvalue weighted by atomic mass is 35.5. The number of anilines is 1. The Morgan fingerprint density at radius 2 is 2.00 bits per heavy atom. The monoisotopic (exact) mass is 344 g/mol. The number of carbonyl (C=O) groups excluding carboxylic acids is 1. The molecule has 0 radical (unpaired) electrons. The van der Waals surface area contributed by atoms with Crippen LogP contribution in [0.15, 0.2) is 30.3 Å². The number of aromatic nitrogens is 1. The van der Waals surface area contributed by atoms with Gasteiger partial charge in [0.05, 0.1) is 16.6 Å². The molecule has 0 unspecified atom stereocenters. The zero-order chi connectivity index (χ0) is 16.6. The fourth-order valence-corrected chi connectivity index (χ4v) is 3.63. The van der Waals surface area contributed by atoms with Gasteiger partial charge < -0.3 is 5.32 Å². The summed E-state index contributed by atoms with van der Waals surface area (Å²) in [5, 5.41) is 4.20. The summed E-state index contributed by atoms with van der Waals surface area (Å²) in [6, 6.07) is 9.91. The highest BCUT2D eigenvalue weighted by Crippen LogP contribution is 2.31. The van der Waals surface area contributed by atoms with Gasteiger partial charge in [-0.2, -0.15) is 0 Å². The average molecular weight is 345 g/mol. The van der Waals surface area contributed by atoms with Gasteiger partial charge in [0, 0.05) is 5.02 Å². The van der Waals surface area contributed by atoms with Crippen LogP contribution in [0.3, 0.4) is 0 Å². The molecule has 0 saturated heterocycles. The lowest BCUT2D eigenvalue weighted by molar-refractivity contribution is -0.115. The molecule has 0 spiro atoms. The van der Waals surface area contributed by atoms with Crippen molar-refractivity contribution in [2.24, 2.45) is 0 Å². The van der Waals surface area contributed by atoms with Crippen LogP contribution in [-0.2, 0) is 11.2 Å². The van der Waals surface area contributed by atoms with Crippen LogP contribution < -0.4 is 5.32 Å². The molecule has 2 aromatic carbocycles. The molecule has 3 rings (SSSR count). The van der Waals surface area contributed by atoms with E-state index in [4.69, 9.17) is 11.6 Å². The molecule has 0 bridgehead atoms. The van der Waals surface area contributed by atoms with Crippen molar-refractivity contribution in [1.29, 1.82) is 0 Å². The summed E-state index contributed by atoms with van der Waals surface area (Å²) in [4.78, 5) is 16.8. The lowest BCUT2D eigenvalue weighted by Gasteiger charge is -2.06. The van der Waals surface area contributed by atoms with Crippen molar-refractivity contribution in [3.63, 3.8) is 0 Å². The normalized spacial score (nSPS) is 11.0. The van der Waals surface area contributed by atoms with Crippen molar-refractivity contribution in [2.75, 3.05) is 5.32 Å². The molecule has 118 valence electrons. The van der Waals surface area contributed by atoms with Crippen LogP contribution in [0, 0.1) is 20.8 Å². The van der Waals surface area contributed by atoms with E-state index < -0.39 is 0 Å². The van der Waals surface area contributed by atoms with Gasteiger partial charge in [0.15, 0.2) is 5.13 Å². The maximum atomic E-state index is 12.3. The van der Waals surface area contributed by atoms with Crippen molar-refractivity contribution in [3.8, 4) is 0 Å². The number of nitrogens with zero attached hydrogens (tertiary/aromatic N) is 1. The molecule has 0 fully saturated rings. The minimum atomic E-state index is -0.0558. The van der Waals surface area contributed by atoms with Crippen LogP contribution in [0.25, 0.3) is 10.2 Å². The lowest BCUT2D eigenvalue weighted by atomic mass is 10.0. The predicted octanol–water partition coefficient (Wildman–Crippen LogP) is 5.06. The Morgan fingerprint density at radius 3 is 2.74 bits per heavy atom. The Morgan fingerprint density at radius 1 is 1.22 bits per heavy atom. The van der Waals surface area contributed by atoms with E-state index in [0.29, 0.717) is 16.6 Å². The van der Waals surface area contributed by atoms with Gasteiger partial charge in [-0.15, -0.1) is 0 Å². The molecule has 3 nitrogen and oxygen atoms in total. The molecule has 1 amide bonds. The van der Waals surface area contributed by atoms with E-state index in [1.165, 1.54) is 16.9 Å². The zero-order valence-electron chi connectivity index (χ0n) is 13.2. The Balaban J connectivity index is 1.79. The maximum Gasteiger partial charge on any atom is 0.230 e. The summed E-state index contributed by atoms with van der Waals surface area (Å²) in [5.74, 6) is -0.0558. The average Bonchev–Trinajstić information content (AvgIpc) is 2.89. The van der Waals surface area contributed by atoms with Crippen molar-refractivity contribution in [2.45, 2.75) is 27.2 Å². The van der Waals surface area contributed by atoms with Crippen LogP contribution in [0.4, 0.5) is 5.13 Å². The minimum Gasteiger partial charge on any atom is -0.302 e. The molecule has 1 N–H and O–H groups in total. The molecular weight excluding hydrogens is 328 g/mol. The fourth-order valence-electron chi connectivity index (χ4n) is 2.53. The van der Waals surface area contributed by atoms with Gasteiger partial charge in [0.2, 0.25) is 5.91 Å². The van der Waals surface area contributed by atoms with E-state index in [1.54, 1.807) is 0 Å². The van der Waals surface area contributed by atoms with E-state index in [2.05, 4.69) is 16.4 Å². The molecule has 0 saturated carbocycles. The second-order valence-corrected chi connectivity index (χ2v) is 7.13. The number of rotatable bonds is 3. The van der Waals surface area contributed by atoms with Crippen molar-refractivity contribution >= 4 is 44.2 Å². The molecule has 5 heteroatoms. The summed E-state index contributed by atoms with van der Waals surface area (Å²) in [6.45, 7) is 6.01. The van der Waals surface area contributed by atoms with Crippen LogP contribution in [-0.4, -0.2) is 10.9 Å². The van der Waals surface area contributed by atoms with Crippen LogP contribution in [0.2, 0.25) is 5.02 Å². The topological polar surface area (TPSA) is 42.0 Å². The van der Waals surface area contributed by atoms with Gasteiger partial charge >= 0.3 is 0 Å². The standard InChI is InChI=1S/C18H17ClN2OS/c1-10-4-5-13(11(2)8-10)9-16(22)20-18-21-17-12(3)14(19)6-7-15(17)23-18/h4-8H,9H2,1-3H3,(H,20,21,22). The molecule has 1 aromatic heterocycles. The molecular formula is C18H17ClN2OS. The van der Waals surface area contributed by atoms with Crippen LogP contribution in [0.1, 0.15) is 22.3 Å². The van der Waals surface area contributed by atoms with Crippen LogP contribution >= 0.6 is 22.9 Å². The first-order chi connectivity index (χ1) is 10.9. The number of amides is 1. The number of halogens is 1. The van der Waals surface area contributed by atoms with E-state index in [1.807, 2.05) is 45.0 Å². The number of carbonyl (C=O) groups is 1. The number of fused-ring (bicyclic) bond motifs is 1. The number of thiazole rings is 1. The molecule has 0 atom stereocenters. The van der Waals surface area contributed by atoms with Gasteiger partial charge in [-0.1, -0.05) is 46.7 Å². The van der Waals surface area contributed by atoms with E-state index >= 15 is 0 Å². The molecule has 23 heavy (non-hydrogen) atoms. The molecule has 3 aromatic rings. The Kier molecular flexibility index (Phi) is 4.37. The number of benzene rings is 2. The van der Waals surface area contributed by atoms with E-state index in [0.717, 1.165) is 26.9 Å². The van der Waals surface area contributed by atoms with Gasteiger partial charge in [-0.05, 0) is 49.6 Å². The van der Waals surface area contributed by atoms with Gasteiger partial charge in [0.25, 0.3) is 0 Å². The molecule has 1 heterocycles. The third-order valence-electron chi connectivity index (χ3n) is 3.84. The summed E-state index contributed by atoms with van der Waals surface area (Å²) in [7, 11) is 0. The Hall–Kier alpha value is -1.91.